The summed E-state index contributed by atoms with van der Waals surface area (Å²) in [6.45, 7) is 3.87. The van der Waals surface area contributed by atoms with Gasteiger partial charge in [-0.1, -0.05) is 15.9 Å². The fourth-order valence-corrected chi connectivity index (χ4v) is 1.65. The van der Waals surface area contributed by atoms with Crippen LogP contribution < -0.4 is 9.47 Å². The summed E-state index contributed by atoms with van der Waals surface area (Å²) in [5.41, 5.74) is 0.781. The molecule has 84 valence electrons. The van der Waals surface area contributed by atoms with Crippen LogP contribution in [0.25, 0.3) is 0 Å². The number of hydrogen-bond donors (Lipinski definition) is 1. The van der Waals surface area contributed by atoms with Gasteiger partial charge >= 0.3 is 0 Å². The van der Waals surface area contributed by atoms with E-state index < -0.39 is 0 Å². The molecule has 1 rings (SSSR count). The zero-order valence-corrected chi connectivity index (χ0v) is 10.7. The van der Waals surface area contributed by atoms with Gasteiger partial charge in [-0.15, -0.1) is 0 Å². The van der Waals surface area contributed by atoms with Crippen molar-refractivity contribution in [1.29, 1.82) is 0 Å². The van der Waals surface area contributed by atoms with Gasteiger partial charge in [0, 0.05) is 4.47 Å². The van der Waals surface area contributed by atoms with Gasteiger partial charge in [0.25, 0.3) is 0 Å². The van der Waals surface area contributed by atoms with Crippen molar-refractivity contribution < 1.29 is 14.6 Å². The summed E-state index contributed by atoms with van der Waals surface area (Å²) in [5, 5.41) is 9.08. The van der Waals surface area contributed by atoms with Crippen LogP contribution in [-0.4, -0.2) is 18.3 Å². The van der Waals surface area contributed by atoms with E-state index in [-0.39, 0.29) is 12.7 Å². The maximum Gasteiger partial charge on any atom is 0.162 e. The Morgan fingerprint density at radius 1 is 1.33 bits per heavy atom. The molecule has 0 bridgehead atoms. The van der Waals surface area contributed by atoms with E-state index in [4.69, 9.17) is 14.6 Å². The van der Waals surface area contributed by atoms with E-state index in [1.165, 1.54) is 0 Å². The summed E-state index contributed by atoms with van der Waals surface area (Å²) in [7, 11) is 1.58. The SMILES string of the molecule is COc1cc(CO)c(Br)cc1OC(C)C. The lowest BCUT2D eigenvalue weighted by Gasteiger charge is -2.15. The summed E-state index contributed by atoms with van der Waals surface area (Å²) in [4.78, 5) is 0. The summed E-state index contributed by atoms with van der Waals surface area (Å²) in [6.07, 6.45) is 0.0887. The van der Waals surface area contributed by atoms with Gasteiger partial charge in [-0.3, -0.25) is 0 Å². The maximum atomic E-state index is 9.08. The smallest absolute Gasteiger partial charge is 0.162 e. The Morgan fingerprint density at radius 2 is 2.00 bits per heavy atom. The Labute approximate surface area is 98.1 Å². The fourth-order valence-electron chi connectivity index (χ4n) is 1.20. The number of methoxy groups -OCH3 is 1. The standard InChI is InChI=1S/C11H15BrO3/c1-7(2)15-11-5-9(12)8(6-13)4-10(11)14-3/h4-5,7,13H,6H2,1-3H3. The summed E-state index contributed by atoms with van der Waals surface area (Å²) in [5.74, 6) is 1.31. The van der Waals surface area contributed by atoms with Crippen molar-refractivity contribution in [3.05, 3.63) is 22.2 Å². The zero-order valence-electron chi connectivity index (χ0n) is 9.08. The third-order valence-electron chi connectivity index (χ3n) is 1.87. The molecule has 1 N–H and O–H groups in total. The predicted octanol–water partition coefficient (Wildman–Crippen LogP) is 2.74. The molecule has 15 heavy (non-hydrogen) atoms. The number of ether oxygens (including phenoxy) is 2. The molecule has 0 heterocycles. The minimum atomic E-state index is -0.0289. The Balaban J connectivity index is 3.09. The Hall–Kier alpha value is -0.740. The van der Waals surface area contributed by atoms with Crippen LogP contribution in [0.4, 0.5) is 0 Å². The highest BCUT2D eigenvalue weighted by molar-refractivity contribution is 9.10. The van der Waals surface area contributed by atoms with Crippen LogP contribution in [0, 0.1) is 0 Å². The quantitative estimate of drug-likeness (QED) is 0.918. The van der Waals surface area contributed by atoms with Crippen molar-refractivity contribution >= 4 is 15.9 Å². The summed E-state index contributed by atoms with van der Waals surface area (Å²) in [6, 6.07) is 3.58. The van der Waals surface area contributed by atoms with E-state index in [1.54, 1.807) is 13.2 Å². The molecule has 4 heteroatoms. The molecule has 0 saturated heterocycles. The van der Waals surface area contributed by atoms with E-state index in [9.17, 15) is 0 Å². The van der Waals surface area contributed by atoms with Gasteiger partial charge in [-0.05, 0) is 31.5 Å². The molecule has 3 nitrogen and oxygen atoms in total. The van der Waals surface area contributed by atoms with Gasteiger partial charge in [0.05, 0.1) is 19.8 Å². The van der Waals surface area contributed by atoms with E-state index in [2.05, 4.69) is 15.9 Å². The maximum absolute atomic E-state index is 9.08. The molecule has 0 atom stereocenters. The molecule has 0 unspecified atom stereocenters. The van der Waals surface area contributed by atoms with Crippen molar-refractivity contribution in [3.63, 3.8) is 0 Å². The van der Waals surface area contributed by atoms with Gasteiger partial charge in [-0.25, -0.2) is 0 Å². The average Bonchev–Trinajstić information content (AvgIpc) is 2.17. The first kappa shape index (κ1) is 12.3. The molecular weight excluding hydrogens is 260 g/mol. The Kier molecular flexibility index (Phi) is 4.42. The Morgan fingerprint density at radius 3 is 2.47 bits per heavy atom. The van der Waals surface area contributed by atoms with Crippen LogP contribution in [-0.2, 0) is 6.61 Å². The molecule has 0 amide bonds. The molecule has 0 spiro atoms. The van der Waals surface area contributed by atoms with Crippen LogP contribution in [0.5, 0.6) is 11.5 Å². The number of halogens is 1. The van der Waals surface area contributed by atoms with Crippen LogP contribution in [0.2, 0.25) is 0 Å². The van der Waals surface area contributed by atoms with Crippen LogP contribution >= 0.6 is 15.9 Å². The van der Waals surface area contributed by atoms with Crippen molar-refractivity contribution in [3.8, 4) is 11.5 Å². The second kappa shape index (κ2) is 5.37. The zero-order chi connectivity index (χ0) is 11.4. The van der Waals surface area contributed by atoms with Gasteiger partial charge in [0.2, 0.25) is 0 Å². The lowest BCUT2D eigenvalue weighted by Crippen LogP contribution is -2.07. The predicted molar refractivity (Wildman–Crippen MR) is 62.4 cm³/mol. The first-order chi connectivity index (χ1) is 7.08. The minimum absolute atomic E-state index is 0.0289. The number of hydrogen-bond acceptors (Lipinski definition) is 3. The van der Waals surface area contributed by atoms with Crippen LogP contribution in [0.3, 0.4) is 0 Å². The number of aliphatic hydroxyl groups excluding tert-OH is 1. The molecule has 0 aliphatic carbocycles. The third-order valence-corrected chi connectivity index (χ3v) is 2.60. The van der Waals surface area contributed by atoms with Gasteiger partial charge < -0.3 is 14.6 Å². The van der Waals surface area contributed by atoms with Gasteiger partial charge in [0.15, 0.2) is 11.5 Å². The second-order valence-corrected chi connectivity index (χ2v) is 4.27. The average molecular weight is 275 g/mol. The topological polar surface area (TPSA) is 38.7 Å². The normalized spacial score (nSPS) is 10.5. The van der Waals surface area contributed by atoms with E-state index in [0.717, 1.165) is 10.0 Å². The minimum Gasteiger partial charge on any atom is -0.493 e. The third kappa shape index (κ3) is 3.11. The second-order valence-electron chi connectivity index (χ2n) is 3.42. The first-order valence-corrected chi connectivity index (χ1v) is 5.51. The van der Waals surface area contributed by atoms with Crippen LogP contribution in [0.15, 0.2) is 16.6 Å². The number of aliphatic hydroxyl groups is 1. The van der Waals surface area contributed by atoms with Gasteiger partial charge in [0.1, 0.15) is 0 Å². The fraction of sp³-hybridized carbons (Fsp3) is 0.455. The monoisotopic (exact) mass is 274 g/mol. The van der Waals surface area contributed by atoms with E-state index in [0.29, 0.717) is 11.5 Å². The number of rotatable bonds is 4. The van der Waals surface area contributed by atoms with Crippen LogP contribution in [0.1, 0.15) is 19.4 Å². The lowest BCUT2D eigenvalue weighted by molar-refractivity contribution is 0.229. The highest BCUT2D eigenvalue weighted by Gasteiger charge is 2.10. The molecule has 0 aliphatic heterocycles. The summed E-state index contributed by atoms with van der Waals surface area (Å²) >= 11 is 3.37. The van der Waals surface area contributed by atoms with Gasteiger partial charge in [-0.2, -0.15) is 0 Å². The molecule has 1 aromatic carbocycles. The van der Waals surface area contributed by atoms with Crippen molar-refractivity contribution in [1.82, 2.24) is 0 Å². The van der Waals surface area contributed by atoms with Crippen molar-refractivity contribution in [2.24, 2.45) is 0 Å². The first-order valence-electron chi connectivity index (χ1n) is 4.72. The largest absolute Gasteiger partial charge is 0.493 e. The highest BCUT2D eigenvalue weighted by Crippen LogP contribution is 2.34. The molecule has 1 aromatic rings. The lowest BCUT2D eigenvalue weighted by atomic mass is 10.2. The molecule has 0 radical (unpaired) electrons. The molecule has 0 fully saturated rings. The molecular formula is C11H15BrO3. The van der Waals surface area contributed by atoms with E-state index in [1.807, 2.05) is 19.9 Å². The molecule has 0 aromatic heterocycles. The number of benzene rings is 1. The van der Waals surface area contributed by atoms with E-state index >= 15 is 0 Å². The van der Waals surface area contributed by atoms with Crippen molar-refractivity contribution in [2.75, 3.05) is 7.11 Å². The Bertz CT molecular complexity index is 337. The van der Waals surface area contributed by atoms with Crippen molar-refractivity contribution in [2.45, 2.75) is 26.6 Å². The highest BCUT2D eigenvalue weighted by atomic mass is 79.9. The summed E-state index contributed by atoms with van der Waals surface area (Å²) < 4.78 is 11.6. The molecule has 0 saturated carbocycles. The molecule has 0 aliphatic rings.